The average Bonchev–Trinajstić information content (AvgIpc) is 2.86. The number of nitrogens with one attached hydrogen (secondary N) is 1. The zero-order valence-electron chi connectivity index (χ0n) is 15.8. The molecule has 1 atom stereocenters. The molecule has 3 aromatic rings. The van der Waals surface area contributed by atoms with E-state index in [1.54, 1.807) is 0 Å². The molecule has 0 aliphatic carbocycles. The van der Waals surface area contributed by atoms with Crippen LogP contribution in [0.25, 0.3) is 11.4 Å². The van der Waals surface area contributed by atoms with Crippen molar-refractivity contribution in [1.29, 1.82) is 0 Å². The van der Waals surface area contributed by atoms with Crippen LogP contribution in [-0.2, 0) is 4.79 Å². The molecule has 0 spiro atoms. The minimum Gasteiger partial charge on any atom is -0.487 e. The van der Waals surface area contributed by atoms with Crippen LogP contribution >= 0.6 is 23.2 Å². The van der Waals surface area contributed by atoms with Crippen LogP contribution in [0.3, 0.4) is 0 Å². The molecule has 1 N–H and O–H groups in total. The number of nitrogens with zero attached hydrogens (tertiary/aromatic N) is 5. The Morgan fingerprint density at radius 1 is 1.26 bits per heavy atom. The lowest BCUT2D eigenvalue weighted by atomic mass is 10.2. The first-order valence-electron chi connectivity index (χ1n) is 8.85. The Balaban J connectivity index is 1.58. The highest BCUT2D eigenvalue weighted by Gasteiger charge is 2.32. The summed E-state index contributed by atoms with van der Waals surface area (Å²) in [6, 6.07) is 3.07. The van der Waals surface area contributed by atoms with Gasteiger partial charge in [-0.05, 0) is 12.1 Å². The van der Waals surface area contributed by atoms with E-state index in [0.29, 0.717) is 10.8 Å². The van der Waals surface area contributed by atoms with Gasteiger partial charge in [0.2, 0.25) is 5.82 Å². The number of amides is 2. The van der Waals surface area contributed by atoms with Gasteiger partial charge in [-0.1, -0.05) is 23.2 Å². The maximum atomic E-state index is 14.1. The number of hydrogen-bond donors (Lipinski definition) is 1. The summed E-state index contributed by atoms with van der Waals surface area (Å²) in [6.45, 7) is -0.167. The van der Waals surface area contributed by atoms with Crippen molar-refractivity contribution in [3.05, 3.63) is 58.5 Å². The molecule has 0 unspecified atom stereocenters. The Kier molecular flexibility index (Phi) is 5.66. The van der Waals surface area contributed by atoms with Crippen LogP contribution in [-0.4, -0.2) is 51.4 Å². The number of ether oxygens (including phenoxy) is 1. The molecule has 12 heteroatoms. The van der Waals surface area contributed by atoms with E-state index >= 15 is 0 Å². The maximum Gasteiger partial charge on any atom is 0.289 e. The first-order chi connectivity index (χ1) is 14.8. The van der Waals surface area contributed by atoms with Crippen LogP contribution in [0.15, 0.2) is 36.8 Å². The first-order valence-corrected chi connectivity index (χ1v) is 9.61. The maximum absolute atomic E-state index is 14.1. The van der Waals surface area contributed by atoms with E-state index in [2.05, 4.69) is 25.3 Å². The standard InChI is InChI=1S/C19H13Cl2FN6O3/c1-28-17-13(5-9(20)6-25-17)31-8-12(19(28)30)26-18(29)16-24-7-10(21)14(27-16)15-11(22)3-2-4-23-15/h2-7,12H,8H2,1H3,(H,26,29)/t12-/m0/s1. The summed E-state index contributed by atoms with van der Waals surface area (Å²) in [6.07, 6.45) is 3.91. The molecule has 31 heavy (non-hydrogen) atoms. The lowest BCUT2D eigenvalue weighted by molar-refractivity contribution is -0.120. The molecule has 4 heterocycles. The van der Waals surface area contributed by atoms with E-state index < -0.39 is 23.7 Å². The van der Waals surface area contributed by atoms with E-state index in [-0.39, 0.29) is 34.7 Å². The quantitative estimate of drug-likeness (QED) is 0.636. The van der Waals surface area contributed by atoms with Crippen molar-refractivity contribution in [2.75, 3.05) is 18.6 Å². The highest BCUT2D eigenvalue weighted by Crippen LogP contribution is 2.30. The smallest absolute Gasteiger partial charge is 0.289 e. The van der Waals surface area contributed by atoms with Gasteiger partial charge < -0.3 is 10.1 Å². The van der Waals surface area contributed by atoms with Crippen LogP contribution in [0.4, 0.5) is 10.2 Å². The number of fused-ring (bicyclic) bond motifs is 1. The Hall–Kier alpha value is -3.37. The molecule has 0 aromatic carbocycles. The molecule has 1 aliphatic rings. The third-order valence-corrected chi connectivity index (χ3v) is 4.87. The molecule has 1 aliphatic heterocycles. The molecular formula is C19H13Cl2FN6O3. The van der Waals surface area contributed by atoms with Crippen molar-refractivity contribution in [1.82, 2.24) is 25.3 Å². The summed E-state index contributed by atoms with van der Waals surface area (Å²) in [4.78, 5) is 42.7. The predicted molar refractivity (Wildman–Crippen MR) is 110 cm³/mol. The average molecular weight is 463 g/mol. The van der Waals surface area contributed by atoms with Crippen molar-refractivity contribution < 1.29 is 18.7 Å². The monoisotopic (exact) mass is 462 g/mol. The summed E-state index contributed by atoms with van der Waals surface area (Å²) < 4.78 is 19.7. The Labute approximate surface area is 185 Å². The molecular weight excluding hydrogens is 450 g/mol. The summed E-state index contributed by atoms with van der Waals surface area (Å²) >= 11 is 12.0. The number of anilines is 1. The second-order valence-electron chi connectivity index (χ2n) is 6.43. The van der Waals surface area contributed by atoms with Gasteiger partial charge in [0.15, 0.2) is 17.4 Å². The minimum atomic E-state index is -1.06. The molecule has 0 radical (unpaired) electrons. The van der Waals surface area contributed by atoms with Crippen molar-refractivity contribution in [3.63, 3.8) is 0 Å². The van der Waals surface area contributed by atoms with E-state index in [4.69, 9.17) is 27.9 Å². The minimum absolute atomic E-state index is 0.0150. The van der Waals surface area contributed by atoms with Crippen LogP contribution in [0, 0.1) is 5.82 Å². The van der Waals surface area contributed by atoms with Crippen molar-refractivity contribution in [3.8, 4) is 17.1 Å². The molecule has 0 saturated heterocycles. The summed E-state index contributed by atoms with van der Waals surface area (Å²) in [7, 11) is 1.50. The molecule has 2 amide bonds. The predicted octanol–water partition coefficient (Wildman–Crippen LogP) is 2.53. The Bertz CT molecular complexity index is 1200. The largest absolute Gasteiger partial charge is 0.487 e. The van der Waals surface area contributed by atoms with Gasteiger partial charge in [-0.15, -0.1) is 0 Å². The number of rotatable bonds is 3. The van der Waals surface area contributed by atoms with E-state index in [1.165, 1.54) is 42.5 Å². The second-order valence-corrected chi connectivity index (χ2v) is 7.28. The summed E-state index contributed by atoms with van der Waals surface area (Å²) in [5.74, 6) is -1.65. The highest BCUT2D eigenvalue weighted by atomic mass is 35.5. The molecule has 9 nitrogen and oxygen atoms in total. The van der Waals surface area contributed by atoms with Crippen LogP contribution in [0.1, 0.15) is 10.6 Å². The molecule has 0 fully saturated rings. The molecule has 0 bridgehead atoms. The number of likely N-dealkylation sites (N-methyl/N-ethyl adjacent to an activating group) is 1. The fourth-order valence-corrected chi connectivity index (χ4v) is 3.21. The normalized spacial score (nSPS) is 15.7. The van der Waals surface area contributed by atoms with Crippen molar-refractivity contribution in [2.24, 2.45) is 0 Å². The third kappa shape index (κ3) is 4.12. The van der Waals surface area contributed by atoms with Crippen molar-refractivity contribution in [2.45, 2.75) is 6.04 Å². The second kappa shape index (κ2) is 8.40. The van der Waals surface area contributed by atoms with Gasteiger partial charge in [-0.3, -0.25) is 19.5 Å². The van der Waals surface area contributed by atoms with Crippen LogP contribution in [0.5, 0.6) is 5.75 Å². The molecule has 158 valence electrons. The van der Waals surface area contributed by atoms with E-state index in [9.17, 15) is 14.0 Å². The van der Waals surface area contributed by atoms with Gasteiger partial charge in [-0.2, -0.15) is 0 Å². The van der Waals surface area contributed by atoms with E-state index in [1.807, 2.05) is 0 Å². The fraction of sp³-hybridized carbons (Fsp3) is 0.158. The number of halogens is 3. The zero-order chi connectivity index (χ0) is 22.1. The summed E-state index contributed by atoms with van der Waals surface area (Å²) in [5.41, 5.74) is -0.178. The Morgan fingerprint density at radius 3 is 2.84 bits per heavy atom. The highest BCUT2D eigenvalue weighted by molar-refractivity contribution is 6.32. The number of pyridine rings is 2. The number of hydrogen-bond acceptors (Lipinski definition) is 7. The summed E-state index contributed by atoms with van der Waals surface area (Å²) in [5, 5.41) is 2.87. The van der Waals surface area contributed by atoms with Gasteiger partial charge >= 0.3 is 0 Å². The zero-order valence-corrected chi connectivity index (χ0v) is 17.4. The van der Waals surface area contributed by atoms with Crippen molar-refractivity contribution >= 4 is 40.8 Å². The Morgan fingerprint density at radius 2 is 2.06 bits per heavy atom. The van der Waals surface area contributed by atoms with Gasteiger partial charge in [0.1, 0.15) is 24.0 Å². The van der Waals surface area contributed by atoms with E-state index in [0.717, 1.165) is 6.20 Å². The third-order valence-electron chi connectivity index (χ3n) is 4.39. The number of aromatic nitrogens is 4. The lowest BCUT2D eigenvalue weighted by Crippen LogP contribution is -2.49. The topological polar surface area (TPSA) is 110 Å². The molecule has 4 rings (SSSR count). The number of carbonyl (C=O) groups excluding carboxylic acids is 2. The fourth-order valence-electron chi connectivity index (χ4n) is 2.88. The SMILES string of the molecule is CN1C(=O)[C@@H](NC(=O)c2ncc(Cl)c(-c3ncccc3F)n2)COc2cc(Cl)cnc21. The molecule has 3 aromatic heterocycles. The van der Waals surface area contributed by atoms with Crippen LogP contribution in [0.2, 0.25) is 10.0 Å². The van der Waals surface area contributed by atoms with Gasteiger partial charge in [-0.25, -0.2) is 19.3 Å². The lowest BCUT2D eigenvalue weighted by Gasteiger charge is -2.19. The van der Waals surface area contributed by atoms with Gasteiger partial charge in [0.25, 0.3) is 11.8 Å². The molecule has 0 saturated carbocycles. The number of carbonyl (C=O) groups is 2. The first kappa shape index (κ1) is 20.9. The van der Waals surface area contributed by atoms with Gasteiger partial charge in [0.05, 0.1) is 16.2 Å². The van der Waals surface area contributed by atoms with Crippen LogP contribution < -0.4 is 15.0 Å². The van der Waals surface area contributed by atoms with Gasteiger partial charge in [0, 0.05) is 25.5 Å².